The molecule has 1 aliphatic rings. The molecule has 0 radical (unpaired) electrons. The lowest BCUT2D eigenvalue weighted by molar-refractivity contribution is -0.151. The zero-order valence-electron chi connectivity index (χ0n) is 8.71. The van der Waals surface area contributed by atoms with Gasteiger partial charge in [-0.3, -0.25) is 4.79 Å². The monoisotopic (exact) mass is 185 g/mol. The molecule has 1 N–H and O–H groups in total. The summed E-state index contributed by atoms with van der Waals surface area (Å²) in [6.45, 7) is 4.67. The van der Waals surface area contributed by atoms with Crippen LogP contribution in [0.2, 0.25) is 0 Å². The number of hydrogen-bond acceptors (Lipinski definition) is 2. The van der Waals surface area contributed by atoms with E-state index in [0.717, 1.165) is 19.4 Å². The van der Waals surface area contributed by atoms with Crippen LogP contribution in [0.3, 0.4) is 0 Å². The minimum absolute atomic E-state index is 0.193. The number of nitrogens with zero attached hydrogens (tertiary/aromatic N) is 1. The first kappa shape index (κ1) is 10.5. The van der Waals surface area contributed by atoms with Crippen molar-refractivity contribution >= 4 is 5.97 Å². The van der Waals surface area contributed by atoms with Crippen molar-refractivity contribution in [2.75, 3.05) is 13.6 Å². The Kier molecular flexibility index (Phi) is 2.96. The molecule has 0 aromatic rings. The van der Waals surface area contributed by atoms with Crippen LogP contribution in [0.1, 0.15) is 33.1 Å². The number of carbonyl (C=O) groups is 1. The highest BCUT2D eigenvalue weighted by Crippen LogP contribution is 2.31. The molecule has 3 heteroatoms. The molecular formula is C10H19NO2. The van der Waals surface area contributed by atoms with E-state index in [1.54, 1.807) is 0 Å². The normalized spacial score (nSPS) is 25.9. The van der Waals surface area contributed by atoms with Crippen molar-refractivity contribution in [3.05, 3.63) is 0 Å². The number of likely N-dealkylation sites (tertiary alicyclic amines) is 1. The summed E-state index contributed by atoms with van der Waals surface area (Å²) >= 11 is 0. The second-order valence-electron chi connectivity index (χ2n) is 4.52. The van der Waals surface area contributed by atoms with Gasteiger partial charge < -0.3 is 10.0 Å². The maximum atomic E-state index is 11.0. The average molecular weight is 185 g/mol. The van der Waals surface area contributed by atoms with Crippen molar-refractivity contribution in [2.24, 2.45) is 5.41 Å². The number of piperidine rings is 1. The quantitative estimate of drug-likeness (QED) is 0.710. The van der Waals surface area contributed by atoms with Crippen molar-refractivity contribution in [3.63, 3.8) is 0 Å². The van der Waals surface area contributed by atoms with Crippen LogP contribution in [-0.4, -0.2) is 35.6 Å². The van der Waals surface area contributed by atoms with Gasteiger partial charge in [0.15, 0.2) is 0 Å². The molecule has 0 bridgehead atoms. The molecular weight excluding hydrogens is 166 g/mol. The van der Waals surface area contributed by atoms with Crippen LogP contribution in [0.4, 0.5) is 0 Å². The summed E-state index contributed by atoms with van der Waals surface area (Å²) in [4.78, 5) is 13.2. The largest absolute Gasteiger partial charge is 0.481 e. The van der Waals surface area contributed by atoms with E-state index in [4.69, 9.17) is 5.11 Å². The van der Waals surface area contributed by atoms with E-state index in [9.17, 15) is 4.79 Å². The van der Waals surface area contributed by atoms with E-state index < -0.39 is 11.4 Å². The second kappa shape index (κ2) is 3.66. The van der Waals surface area contributed by atoms with Gasteiger partial charge in [0.2, 0.25) is 0 Å². The van der Waals surface area contributed by atoms with Gasteiger partial charge in [-0.05, 0) is 40.3 Å². The predicted octanol–water partition coefficient (Wildman–Crippen LogP) is 1.58. The minimum atomic E-state index is -0.689. The molecule has 76 valence electrons. The fraction of sp³-hybridized carbons (Fsp3) is 0.900. The van der Waals surface area contributed by atoms with Gasteiger partial charge in [0, 0.05) is 6.04 Å². The van der Waals surface area contributed by atoms with Crippen molar-refractivity contribution in [3.8, 4) is 0 Å². The van der Waals surface area contributed by atoms with E-state index in [2.05, 4.69) is 4.90 Å². The molecule has 1 rings (SSSR count). The summed E-state index contributed by atoms with van der Waals surface area (Å²) in [5.41, 5.74) is -0.616. The standard InChI is InChI=1S/C10H19NO2/c1-10(2,9(12)13)8-6-4-5-7-11(8)3/h8H,4-7H2,1-3H3,(H,12,13)/t8-/m1/s1. The van der Waals surface area contributed by atoms with E-state index in [1.165, 1.54) is 6.42 Å². The fourth-order valence-electron chi connectivity index (χ4n) is 2.13. The second-order valence-corrected chi connectivity index (χ2v) is 4.52. The SMILES string of the molecule is CN1CCCC[C@@H]1C(C)(C)C(=O)O. The van der Waals surface area contributed by atoms with E-state index >= 15 is 0 Å². The van der Waals surface area contributed by atoms with E-state index in [-0.39, 0.29) is 6.04 Å². The van der Waals surface area contributed by atoms with Crippen LogP contribution in [0, 0.1) is 5.41 Å². The Morgan fingerprint density at radius 1 is 1.46 bits per heavy atom. The molecule has 1 aliphatic heterocycles. The zero-order valence-corrected chi connectivity index (χ0v) is 8.71. The summed E-state index contributed by atoms with van der Waals surface area (Å²) in [6.07, 6.45) is 3.37. The first-order chi connectivity index (χ1) is 5.96. The molecule has 1 fully saturated rings. The Labute approximate surface area is 79.7 Å². The van der Waals surface area contributed by atoms with Gasteiger partial charge in [-0.2, -0.15) is 0 Å². The van der Waals surface area contributed by atoms with Crippen LogP contribution in [-0.2, 0) is 4.79 Å². The van der Waals surface area contributed by atoms with Crippen LogP contribution in [0.5, 0.6) is 0 Å². The van der Waals surface area contributed by atoms with Gasteiger partial charge in [-0.25, -0.2) is 0 Å². The Bertz CT molecular complexity index is 201. The molecule has 0 aromatic carbocycles. The third-order valence-corrected chi connectivity index (χ3v) is 3.15. The summed E-state index contributed by atoms with van der Waals surface area (Å²) in [7, 11) is 2.02. The topological polar surface area (TPSA) is 40.5 Å². The molecule has 0 unspecified atom stereocenters. The maximum absolute atomic E-state index is 11.0. The smallest absolute Gasteiger partial charge is 0.310 e. The first-order valence-corrected chi connectivity index (χ1v) is 4.90. The summed E-state index contributed by atoms with van der Waals surface area (Å²) in [5.74, 6) is -0.689. The number of rotatable bonds is 2. The molecule has 0 amide bonds. The first-order valence-electron chi connectivity index (χ1n) is 4.90. The van der Waals surface area contributed by atoms with Crippen molar-refractivity contribution in [1.29, 1.82) is 0 Å². The molecule has 0 saturated carbocycles. The lowest BCUT2D eigenvalue weighted by Gasteiger charge is -2.40. The maximum Gasteiger partial charge on any atom is 0.310 e. The van der Waals surface area contributed by atoms with Crippen LogP contribution in [0.15, 0.2) is 0 Å². The number of aliphatic carboxylic acids is 1. The zero-order chi connectivity index (χ0) is 10.1. The van der Waals surface area contributed by atoms with Crippen molar-refractivity contribution in [1.82, 2.24) is 4.90 Å². The van der Waals surface area contributed by atoms with Crippen LogP contribution in [0.25, 0.3) is 0 Å². The lowest BCUT2D eigenvalue weighted by atomic mass is 9.79. The Balaban J connectivity index is 2.73. The molecule has 0 aromatic heterocycles. The highest BCUT2D eigenvalue weighted by molar-refractivity contribution is 5.74. The van der Waals surface area contributed by atoms with E-state index in [1.807, 2.05) is 20.9 Å². The number of carboxylic acid groups (broad SMARTS) is 1. The minimum Gasteiger partial charge on any atom is -0.481 e. The van der Waals surface area contributed by atoms with Crippen molar-refractivity contribution in [2.45, 2.75) is 39.2 Å². The summed E-state index contributed by atoms with van der Waals surface area (Å²) < 4.78 is 0. The van der Waals surface area contributed by atoms with Gasteiger partial charge in [-0.15, -0.1) is 0 Å². The number of carboxylic acids is 1. The van der Waals surface area contributed by atoms with E-state index in [0.29, 0.717) is 0 Å². The fourth-order valence-corrected chi connectivity index (χ4v) is 2.13. The molecule has 1 atom stereocenters. The highest BCUT2D eigenvalue weighted by Gasteiger charge is 2.39. The van der Waals surface area contributed by atoms with Gasteiger partial charge in [-0.1, -0.05) is 6.42 Å². The summed E-state index contributed by atoms with van der Waals surface area (Å²) in [6, 6.07) is 0.193. The molecule has 13 heavy (non-hydrogen) atoms. The molecule has 1 heterocycles. The van der Waals surface area contributed by atoms with Gasteiger partial charge >= 0.3 is 5.97 Å². The molecule has 0 aliphatic carbocycles. The molecule has 1 saturated heterocycles. The van der Waals surface area contributed by atoms with Gasteiger partial charge in [0.25, 0.3) is 0 Å². The lowest BCUT2D eigenvalue weighted by Crippen LogP contribution is -2.49. The van der Waals surface area contributed by atoms with Gasteiger partial charge in [0.1, 0.15) is 0 Å². The molecule has 0 spiro atoms. The Morgan fingerprint density at radius 3 is 2.54 bits per heavy atom. The third kappa shape index (κ3) is 2.02. The third-order valence-electron chi connectivity index (χ3n) is 3.15. The Morgan fingerprint density at radius 2 is 2.08 bits per heavy atom. The summed E-state index contributed by atoms with van der Waals surface area (Å²) in [5, 5.41) is 9.08. The van der Waals surface area contributed by atoms with Gasteiger partial charge in [0.05, 0.1) is 5.41 Å². The highest BCUT2D eigenvalue weighted by atomic mass is 16.4. The average Bonchev–Trinajstić information content (AvgIpc) is 2.04. The van der Waals surface area contributed by atoms with Crippen molar-refractivity contribution < 1.29 is 9.90 Å². The number of hydrogen-bond donors (Lipinski definition) is 1. The van der Waals surface area contributed by atoms with Crippen LogP contribution >= 0.6 is 0 Å². The Hall–Kier alpha value is -0.570. The molecule has 3 nitrogen and oxygen atoms in total. The van der Waals surface area contributed by atoms with Crippen LogP contribution < -0.4 is 0 Å². The predicted molar refractivity (Wildman–Crippen MR) is 51.7 cm³/mol.